The summed E-state index contributed by atoms with van der Waals surface area (Å²) in [5.41, 5.74) is 6.17. The molecule has 21 heavy (non-hydrogen) atoms. The van der Waals surface area contributed by atoms with Crippen LogP contribution in [0, 0.1) is 11.3 Å². The van der Waals surface area contributed by atoms with Crippen molar-refractivity contribution in [1.82, 2.24) is 0 Å². The highest BCUT2D eigenvalue weighted by Crippen LogP contribution is 2.56. The third-order valence-corrected chi connectivity index (χ3v) is 5.39. The lowest BCUT2D eigenvalue weighted by atomic mass is 9.67. The molecule has 1 spiro atoms. The van der Waals surface area contributed by atoms with E-state index in [1.807, 2.05) is 12.1 Å². The van der Waals surface area contributed by atoms with Gasteiger partial charge in [0.05, 0.1) is 11.6 Å². The van der Waals surface area contributed by atoms with Gasteiger partial charge in [0.15, 0.2) is 0 Å². The highest BCUT2D eigenvalue weighted by atomic mass is 35.5. The van der Waals surface area contributed by atoms with Crippen LogP contribution in [-0.4, -0.2) is 0 Å². The molecule has 4 rings (SSSR count). The second-order valence-electron chi connectivity index (χ2n) is 6.20. The van der Waals surface area contributed by atoms with Gasteiger partial charge < -0.3 is 0 Å². The monoisotopic (exact) mass is 293 g/mol. The van der Waals surface area contributed by atoms with Crippen LogP contribution in [0.4, 0.5) is 0 Å². The van der Waals surface area contributed by atoms with Gasteiger partial charge in [-0.3, -0.25) is 0 Å². The van der Waals surface area contributed by atoms with Crippen LogP contribution in [0.25, 0.3) is 11.1 Å². The number of hydrogen-bond donors (Lipinski definition) is 0. The van der Waals surface area contributed by atoms with E-state index in [4.69, 9.17) is 11.6 Å². The van der Waals surface area contributed by atoms with Gasteiger partial charge in [-0.2, -0.15) is 5.26 Å². The molecule has 1 nitrogen and oxygen atoms in total. The summed E-state index contributed by atoms with van der Waals surface area (Å²) >= 11 is 6.27. The van der Waals surface area contributed by atoms with Gasteiger partial charge in [-0.05, 0) is 59.4 Å². The van der Waals surface area contributed by atoms with Crippen LogP contribution in [0.15, 0.2) is 36.4 Å². The Morgan fingerprint density at radius 3 is 2.29 bits per heavy atom. The molecule has 2 heteroatoms. The first-order chi connectivity index (χ1) is 10.2. The molecule has 0 heterocycles. The maximum absolute atomic E-state index is 9.25. The number of fused-ring (bicyclic) bond motifs is 5. The fourth-order valence-corrected chi connectivity index (χ4v) is 4.40. The molecule has 0 unspecified atom stereocenters. The molecule has 0 aromatic heterocycles. The summed E-state index contributed by atoms with van der Waals surface area (Å²) in [4.78, 5) is 0. The molecule has 0 aliphatic heterocycles. The minimum Gasteiger partial charge on any atom is -0.192 e. The molecule has 2 aromatic rings. The second-order valence-corrected chi connectivity index (χ2v) is 6.64. The zero-order valence-corrected chi connectivity index (χ0v) is 12.6. The summed E-state index contributed by atoms with van der Waals surface area (Å²) < 4.78 is 0. The summed E-state index contributed by atoms with van der Waals surface area (Å²) in [5, 5.41) is 10.1. The first kappa shape index (κ1) is 12.9. The molecule has 2 aromatic carbocycles. The Morgan fingerprint density at radius 2 is 1.57 bits per heavy atom. The van der Waals surface area contributed by atoms with Crippen molar-refractivity contribution in [2.24, 2.45) is 0 Å². The molecule has 2 aliphatic rings. The van der Waals surface area contributed by atoms with E-state index in [0.717, 1.165) is 10.6 Å². The van der Waals surface area contributed by atoms with E-state index >= 15 is 0 Å². The van der Waals surface area contributed by atoms with Crippen LogP contribution in [0.1, 0.15) is 48.8 Å². The van der Waals surface area contributed by atoms with Gasteiger partial charge in [0, 0.05) is 10.4 Å². The van der Waals surface area contributed by atoms with E-state index in [9.17, 15) is 5.26 Å². The molecule has 0 amide bonds. The quantitative estimate of drug-likeness (QED) is 0.634. The van der Waals surface area contributed by atoms with E-state index in [1.54, 1.807) is 0 Å². The molecule has 2 aliphatic carbocycles. The maximum atomic E-state index is 9.25. The van der Waals surface area contributed by atoms with Crippen LogP contribution in [-0.2, 0) is 5.41 Å². The molecule has 0 bridgehead atoms. The zero-order chi connectivity index (χ0) is 14.4. The molecule has 0 atom stereocenters. The molecule has 0 radical (unpaired) electrons. The highest BCUT2D eigenvalue weighted by Gasteiger charge is 2.43. The van der Waals surface area contributed by atoms with Crippen LogP contribution in [0.2, 0.25) is 5.02 Å². The normalized spacial score (nSPS) is 18.1. The zero-order valence-electron chi connectivity index (χ0n) is 11.8. The molecular weight excluding hydrogens is 278 g/mol. The van der Waals surface area contributed by atoms with Crippen LogP contribution in [0.3, 0.4) is 0 Å². The standard InChI is InChI=1S/C19H16ClN/c20-14-5-7-16-15-6-4-13(12-21)10-17(15)19(18(16)11-14)8-2-1-3-9-19/h4-7,10-11H,1-3,8-9H2. The Bertz CT molecular complexity index is 764. The van der Waals surface area contributed by atoms with Crippen LogP contribution >= 0.6 is 11.6 Å². The Balaban J connectivity index is 2.03. The maximum Gasteiger partial charge on any atom is 0.0991 e. The first-order valence-electron chi connectivity index (χ1n) is 7.60. The van der Waals surface area contributed by atoms with Crippen molar-refractivity contribution in [3.8, 4) is 17.2 Å². The van der Waals surface area contributed by atoms with Crippen molar-refractivity contribution in [2.45, 2.75) is 37.5 Å². The third-order valence-electron chi connectivity index (χ3n) is 5.16. The van der Waals surface area contributed by atoms with E-state index in [1.165, 1.54) is 54.4 Å². The Hall–Kier alpha value is -1.78. The summed E-state index contributed by atoms with van der Waals surface area (Å²) in [6, 6.07) is 14.7. The Morgan fingerprint density at radius 1 is 0.905 bits per heavy atom. The summed E-state index contributed by atoms with van der Waals surface area (Å²) in [7, 11) is 0. The Kier molecular flexibility index (Phi) is 2.84. The Labute approximate surface area is 130 Å². The fourth-order valence-electron chi connectivity index (χ4n) is 4.23. The fraction of sp³-hybridized carbons (Fsp3) is 0.316. The van der Waals surface area contributed by atoms with E-state index in [2.05, 4.69) is 30.3 Å². The topological polar surface area (TPSA) is 23.8 Å². The number of benzene rings is 2. The smallest absolute Gasteiger partial charge is 0.0991 e. The molecule has 1 fully saturated rings. The minimum atomic E-state index is 0.0840. The van der Waals surface area contributed by atoms with Crippen molar-refractivity contribution in [3.63, 3.8) is 0 Å². The predicted molar refractivity (Wildman–Crippen MR) is 85.5 cm³/mol. The van der Waals surface area contributed by atoms with Crippen LogP contribution < -0.4 is 0 Å². The third kappa shape index (κ3) is 1.76. The van der Waals surface area contributed by atoms with E-state index in [0.29, 0.717) is 0 Å². The predicted octanol–water partition coefficient (Wildman–Crippen LogP) is 5.44. The van der Waals surface area contributed by atoms with Crippen molar-refractivity contribution in [2.75, 3.05) is 0 Å². The lowest BCUT2D eigenvalue weighted by molar-refractivity contribution is 0.353. The largest absolute Gasteiger partial charge is 0.192 e. The van der Waals surface area contributed by atoms with Crippen molar-refractivity contribution >= 4 is 11.6 Å². The SMILES string of the molecule is N#Cc1ccc2c(c1)C1(CCCCC1)c1cc(Cl)ccc1-2. The molecule has 0 saturated heterocycles. The van der Waals surface area contributed by atoms with Gasteiger partial charge in [-0.25, -0.2) is 0 Å². The van der Waals surface area contributed by atoms with E-state index in [-0.39, 0.29) is 5.41 Å². The van der Waals surface area contributed by atoms with Gasteiger partial charge >= 0.3 is 0 Å². The van der Waals surface area contributed by atoms with Gasteiger partial charge in [0.25, 0.3) is 0 Å². The number of rotatable bonds is 0. The van der Waals surface area contributed by atoms with Crippen molar-refractivity contribution < 1.29 is 0 Å². The van der Waals surface area contributed by atoms with Crippen LogP contribution in [0.5, 0.6) is 0 Å². The number of hydrogen-bond acceptors (Lipinski definition) is 1. The van der Waals surface area contributed by atoms with Gasteiger partial charge in [0.1, 0.15) is 0 Å². The van der Waals surface area contributed by atoms with Crippen molar-refractivity contribution in [3.05, 3.63) is 58.1 Å². The molecule has 1 saturated carbocycles. The molecule has 0 N–H and O–H groups in total. The minimum absolute atomic E-state index is 0.0840. The second kappa shape index (κ2) is 4.61. The van der Waals surface area contributed by atoms with Gasteiger partial charge in [-0.15, -0.1) is 0 Å². The highest BCUT2D eigenvalue weighted by molar-refractivity contribution is 6.30. The molecule has 104 valence electrons. The van der Waals surface area contributed by atoms with Gasteiger partial charge in [0.2, 0.25) is 0 Å². The summed E-state index contributed by atoms with van der Waals surface area (Å²) in [6.45, 7) is 0. The van der Waals surface area contributed by atoms with E-state index < -0.39 is 0 Å². The van der Waals surface area contributed by atoms with Gasteiger partial charge in [-0.1, -0.05) is 43.0 Å². The number of nitrogens with zero attached hydrogens (tertiary/aromatic N) is 1. The first-order valence-corrected chi connectivity index (χ1v) is 7.97. The number of nitriles is 1. The lowest BCUT2D eigenvalue weighted by Crippen LogP contribution is -2.28. The van der Waals surface area contributed by atoms with Crippen molar-refractivity contribution in [1.29, 1.82) is 5.26 Å². The summed E-state index contributed by atoms with van der Waals surface area (Å²) in [6.07, 6.45) is 6.15. The average molecular weight is 294 g/mol. The lowest BCUT2D eigenvalue weighted by Gasteiger charge is -2.36. The average Bonchev–Trinajstić information content (AvgIpc) is 2.78. The molecular formula is C19H16ClN. The summed E-state index contributed by atoms with van der Waals surface area (Å²) in [5.74, 6) is 0. The number of halogens is 1.